The molecule has 1 N–H and O–H groups in total. The SMILES string of the molecule is COC(C)C[C@@H](COc1ccc(-c2ccnc(C)c2)cc1C#N)NC(=O)OC(C)(C)C. The number of rotatable bonds is 8. The second-order valence-electron chi connectivity index (χ2n) is 8.44. The fourth-order valence-corrected chi connectivity index (χ4v) is 2.98. The number of nitriles is 1. The van der Waals surface area contributed by atoms with Crippen LogP contribution in [0, 0.1) is 18.3 Å². The number of hydrogen-bond donors (Lipinski definition) is 1. The highest BCUT2D eigenvalue weighted by atomic mass is 16.6. The van der Waals surface area contributed by atoms with Gasteiger partial charge in [0, 0.05) is 19.0 Å². The van der Waals surface area contributed by atoms with Gasteiger partial charge in [-0.15, -0.1) is 0 Å². The summed E-state index contributed by atoms with van der Waals surface area (Å²) < 4.78 is 16.6. The molecule has 0 bridgehead atoms. The molecule has 0 spiro atoms. The van der Waals surface area contributed by atoms with E-state index >= 15 is 0 Å². The number of methoxy groups -OCH3 is 1. The lowest BCUT2D eigenvalue weighted by Crippen LogP contribution is -2.43. The molecule has 1 unspecified atom stereocenters. The molecule has 2 rings (SSSR count). The Morgan fingerprint density at radius 3 is 2.55 bits per heavy atom. The highest BCUT2D eigenvalue weighted by Gasteiger charge is 2.22. The summed E-state index contributed by atoms with van der Waals surface area (Å²) in [6.45, 7) is 9.43. The molecule has 1 aromatic carbocycles. The maximum atomic E-state index is 12.2. The van der Waals surface area contributed by atoms with Crippen molar-refractivity contribution in [3.63, 3.8) is 0 Å². The van der Waals surface area contributed by atoms with E-state index in [0.717, 1.165) is 16.8 Å². The number of nitrogens with zero attached hydrogens (tertiary/aromatic N) is 2. The summed E-state index contributed by atoms with van der Waals surface area (Å²) in [6, 6.07) is 11.2. The topological polar surface area (TPSA) is 93.5 Å². The Morgan fingerprint density at radius 1 is 1.23 bits per heavy atom. The molecule has 7 heteroatoms. The molecule has 1 amide bonds. The molecule has 0 aliphatic heterocycles. The van der Waals surface area contributed by atoms with Crippen LogP contribution in [0.2, 0.25) is 0 Å². The van der Waals surface area contributed by atoms with Crippen molar-refractivity contribution in [3.05, 3.63) is 47.8 Å². The van der Waals surface area contributed by atoms with E-state index in [1.54, 1.807) is 46.2 Å². The smallest absolute Gasteiger partial charge is 0.407 e. The molecule has 0 fully saturated rings. The third-order valence-corrected chi connectivity index (χ3v) is 4.51. The first-order chi connectivity index (χ1) is 14.6. The van der Waals surface area contributed by atoms with Gasteiger partial charge in [0.2, 0.25) is 0 Å². The average molecular weight is 426 g/mol. The number of hydrogen-bond acceptors (Lipinski definition) is 6. The molecule has 166 valence electrons. The highest BCUT2D eigenvalue weighted by molar-refractivity contribution is 5.68. The van der Waals surface area contributed by atoms with Crippen LogP contribution in [0.3, 0.4) is 0 Å². The zero-order valence-electron chi connectivity index (χ0n) is 19.1. The van der Waals surface area contributed by atoms with E-state index in [2.05, 4.69) is 16.4 Å². The van der Waals surface area contributed by atoms with Gasteiger partial charge in [0.25, 0.3) is 0 Å². The fraction of sp³-hybridized carbons (Fsp3) is 0.458. The molecule has 1 heterocycles. The Labute approximate surface area is 184 Å². The summed E-state index contributed by atoms with van der Waals surface area (Å²) in [6.07, 6.45) is 1.67. The van der Waals surface area contributed by atoms with E-state index in [0.29, 0.717) is 17.7 Å². The van der Waals surface area contributed by atoms with Crippen LogP contribution < -0.4 is 10.1 Å². The van der Waals surface area contributed by atoms with Crippen LogP contribution in [-0.4, -0.2) is 42.5 Å². The number of aromatic nitrogens is 1. The minimum atomic E-state index is -0.600. The number of alkyl carbamates (subject to hydrolysis) is 1. The lowest BCUT2D eigenvalue weighted by molar-refractivity contribution is 0.0439. The number of ether oxygens (including phenoxy) is 3. The van der Waals surface area contributed by atoms with Gasteiger partial charge in [-0.3, -0.25) is 4.98 Å². The molecule has 1 aromatic heterocycles. The summed E-state index contributed by atoms with van der Waals surface area (Å²) in [5.41, 5.74) is 2.61. The van der Waals surface area contributed by atoms with Crippen molar-refractivity contribution in [1.82, 2.24) is 10.3 Å². The second-order valence-corrected chi connectivity index (χ2v) is 8.44. The summed E-state index contributed by atoms with van der Waals surface area (Å²) in [7, 11) is 1.61. The molecule has 0 saturated heterocycles. The van der Waals surface area contributed by atoms with Crippen molar-refractivity contribution >= 4 is 6.09 Å². The predicted molar refractivity (Wildman–Crippen MR) is 119 cm³/mol. The van der Waals surface area contributed by atoms with Gasteiger partial charge in [0.15, 0.2) is 0 Å². The second kappa shape index (κ2) is 10.8. The van der Waals surface area contributed by atoms with Crippen molar-refractivity contribution < 1.29 is 19.0 Å². The third-order valence-electron chi connectivity index (χ3n) is 4.51. The molecule has 0 aliphatic carbocycles. The highest BCUT2D eigenvalue weighted by Crippen LogP contribution is 2.27. The maximum absolute atomic E-state index is 12.2. The average Bonchev–Trinajstić information content (AvgIpc) is 2.70. The van der Waals surface area contributed by atoms with Gasteiger partial charge >= 0.3 is 6.09 Å². The number of amides is 1. The quantitative estimate of drug-likeness (QED) is 0.663. The lowest BCUT2D eigenvalue weighted by atomic mass is 10.0. The van der Waals surface area contributed by atoms with E-state index in [-0.39, 0.29) is 18.8 Å². The Balaban J connectivity index is 2.14. The Morgan fingerprint density at radius 2 is 1.94 bits per heavy atom. The largest absolute Gasteiger partial charge is 0.490 e. The molecule has 0 aliphatic rings. The lowest BCUT2D eigenvalue weighted by Gasteiger charge is -2.25. The van der Waals surface area contributed by atoms with E-state index in [4.69, 9.17) is 14.2 Å². The van der Waals surface area contributed by atoms with Crippen LogP contribution in [0.15, 0.2) is 36.5 Å². The van der Waals surface area contributed by atoms with E-state index < -0.39 is 11.7 Å². The Kier molecular flexibility index (Phi) is 8.40. The summed E-state index contributed by atoms with van der Waals surface area (Å²) in [5, 5.41) is 12.4. The molecule has 0 saturated carbocycles. The number of aryl methyl sites for hydroxylation is 1. The van der Waals surface area contributed by atoms with Gasteiger partial charge in [0.1, 0.15) is 24.0 Å². The standard InChI is InChI=1S/C24H31N3O4/c1-16-11-19(9-10-26-16)18-7-8-22(20(13-18)14-25)30-15-21(12-17(2)29-6)27-23(28)31-24(3,4)5/h7-11,13,17,21H,12,15H2,1-6H3,(H,27,28)/t17?,21-/m0/s1. The van der Waals surface area contributed by atoms with Crippen LogP contribution >= 0.6 is 0 Å². The van der Waals surface area contributed by atoms with Gasteiger partial charge in [-0.2, -0.15) is 5.26 Å². The normalized spacial score (nSPS) is 13.1. The van der Waals surface area contributed by atoms with Crippen molar-refractivity contribution in [2.24, 2.45) is 0 Å². The van der Waals surface area contributed by atoms with Crippen LogP contribution in [-0.2, 0) is 9.47 Å². The number of pyridine rings is 1. The minimum absolute atomic E-state index is 0.0868. The maximum Gasteiger partial charge on any atom is 0.407 e. The number of carbonyl (C=O) groups is 1. The number of carbonyl (C=O) groups excluding carboxylic acids is 1. The van der Waals surface area contributed by atoms with Crippen LogP contribution in [0.4, 0.5) is 4.79 Å². The van der Waals surface area contributed by atoms with Crippen molar-refractivity contribution in [1.29, 1.82) is 5.26 Å². The van der Waals surface area contributed by atoms with Crippen LogP contribution in [0.5, 0.6) is 5.75 Å². The molecule has 31 heavy (non-hydrogen) atoms. The summed E-state index contributed by atoms with van der Waals surface area (Å²) >= 11 is 0. The third kappa shape index (κ3) is 7.91. The van der Waals surface area contributed by atoms with Crippen molar-refractivity contribution in [3.8, 4) is 22.9 Å². The molecule has 2 atom stereocenters. The summed E-state index contributed by atoms with van der Waals surface area (Å²) in [4.78, 5) is 16.4. The first kappa shape index (κ1) is 24.2. The van der Waals surface area contributed by atoms with Gasteiger partial charge in [-0.05, 0) is 76.4 Å². The number of benzene rings is 1. The zero-order chi connectivity index (χ0) is 23.0. The molecule has 7 nitrogen and oxygen atoms in total. The van der Waals surface area contributed by atoms with E-state index in [9.17, 15) is 10.1 Å². The zero-order valence-corrected chi connectivity index (χ0v) is 19.1. The number of nitrogens with one attached hydrogen (secondary N) is 1. The summed E-state index contributed by atoms with van der Waals surface area (Å²) in [5.74, 6) is 0.457. The monoisotopic (exact) mass is 425 g/mol. The van der Waals surface area contributed by atoms with Gasteiger partial charge in [-0.25, -0.2) is 4.79 Å². The predicted octanol–water partition coefficient (Wildman–Crippen LogP) is 4.63. The molecule has 2 aromatic rings. The Bertz CT molecular complexity index is 931. The fourth-order valence-electron chi connectivity index (χ4n) is 2.98. The molecular weight excluding hydrogens is 394 g/mol. The van der Waals surface area contributed by atoms with Gasteiger partial charge < -0.3 is 19.5 Å². The molecular formula is C24H31N3O4. The van der Waals surface area contributed by atoms with Gasteiger partial charge in [0.05, 0.1) is 17.7 Å². The van der Waals surface area contributed by atoms with Crippen LogP contribution in [0.25, 0.3) is 11.1 Å². The molecule has 0 radical (unpaired) electrons. The van der Waals surface area contributed by atoms with Crippen molar-refractivity contribution in [2.45, 2.75) is 58.8 Å². The minimum Gasteiger partial charge on any atom is -0.490 e. The van der Waals surface area contributed by atoms with Crippen LogP contribution in [0.1, 0.15) is 45.4 Å². The van der Waals surface area contributed by atoms with Gasteiger partial charge in [-0.1, -0.05) is 6.07 Å². The first-order valence-corrected chi connectivity index (χ1v) is 10.2. The first-order valence-electron chi connectivity index (χ1n) is 10.2. The van der Waals surface area contributed by atoms with E-state index in [1.165, 1.54) is 0 Å². The Hall–Kier alpha value is -3.11. The van der Waals surface area contributed by atoms with E-state index in [1.807, 2.05) is 32.0 Å². The van der Waals surface area contributed by atoms with Crippen molar-refractivity contribution in [2.75, 3.05) is 13.7 Å².